The first-order chi connectivity index (χ1) is 23.3. The van der Waals surface area contributed by atoms with Crippen molar-refractivity contribution in [3.63, 3.8) is 0 Å². The van der Waals surface area contributed by atoms with Crippen molar-refractivity contribution in [3.05, 3.63) is 109 Å². The molecule has 0 bridgehead atoms. The fraction of sp³-hybridized carbons (Fsp3) is 0.139. The topological polar surface area (TPSA) is 128 Å². The van der Waals surface area contributed by atoms with Gasteiger partial charge in [0.2, 0.25) is 5.91 Å². The molecule has 1 amide bonds. The highest BCUT2D eigenvalue weighted by Gasteiger charge is 2.19. The van der Waals surface area contributed by atoms with Crippen LogP contribution in [0.15, 0.2) is 91.4 Å². The van der Waals surface area contributed by atoms with E-state index < -0.39 is 5.82 Å². The number of rotatable bonds is 10. The summed E-state index contributed by atoms with van der Waals surface area (Å²) in [5.74, 6) is -0.649. The van der Waals surface area contributed by atoms with Crippen LogP contribution >= 0.6 is 0 Å². The van der Waals surface area contributed by atoms with Gasteiger partial charge in [-0.15, -0.1) is 0 Å². The number of nitrogens with zero attached hydrogens (tertiary/aromatic N) is 5. The average molecular weight is 644 g/mol. The Labute approximate surface area is 274 Å². The Balaban J connectivity index is 1.20. The van der Waals surface area contributed by atoms with Crippen LogP contribution in [0.4, 0.5) is 20.2 Å². The predicted molar refractivity (Wildman–Crippen MR) is 183 cm³/mol. The van der Waals surface area contributed by atoms with Gasteiger partial charge in [0.1, 0.15) is 17.3 Å². The molecule has 0 unspecified atom stereocenters. The molecule has 0 aliphatic carbocycles. The first kappa shape index (κ1) is 30.6. The number of H-pyrrole nitrogens is 2. The fourth-order valence-corrected chi connectivity index (χ4v) is 5.62. The average Bonchev–Trinajstić information content (AvgIpc) is 3.68. The van der Waals surface area contributed by atoms with Gasteiger partial charge in [-0.05, 0) is 61.6 Å². The predicted octanol–water partition coefficient (Wildman–Crippen LogP) is 6.66. The highest BCUT2D eigenvalue weighted by Crippen LogP contribution is 2.35. The van der Waals surface area contributed by atoms with E-state index in [-0.39, 0.29) is 23.7 Å². The van der Waals surface area contributed by atoms with Crippen LogP contribution in [0.25, 0.3) is 55.8 Å². The molecule has 240 valence electrons. The molecule has 10 nitrogen and oxygen atoms in total. The lowest BCUT2D eigenvalue weighted by molar-refractivity contribution is -0.115. The molecule has 0 spiro atoms. The number of amides is 1. The summed E-state index contributed by atoms with van der Waals surface area (Å²) < 4.78 is 30.2. The number of imidazole rings is 1. The second-order valence-electron chi connectivity index (χ2n) is 11.7. The minimum atomic E-state index is -0.484. The summed E-state index contributed by atoms with van der Waals surface area (Å²) in [5.41, 5.74) is 6.10. The first-order valence-electron chi connectivity index (χ1n) is 15.3. The Morgan fingerprint density at radius 3 is 2.58 bits per heavy atom. The number of hydrogen-bond donors (Lipinski definition) is 4. The fourth-order valence-electron chi connectivity index (χ4n) is 5.62. The van der Waals surface area contributed by atoms with E-state index in [1.165, 1.54) is 30.6 Å². The number of carbonyl (C=O) groups excluding carboxylic acids is 1. The second kappa shape index (κ2) is 13.0. The van der Waals surface area contributed by atoms with Crippen LogP contribution in [0, 0.1) is 11.6 Å². The van der Waals surface area contributed by atoms with E-state index in [1.807, 2.05) is 55.4 Å². The zero-order chi connectivity index (χ0) is 33.2. The lowest BCUT2D eigenvalue weighted by atomic mass is 10.0. The Morgan fingerprint density at radius 2 is 1.75 bits per heavy atom. The van der Waals surface area contributed by atoms with Crippen molar-refractivity contribution in [2.45, 2.75) is 6.42 Å². The van der Waals surface area contributed by atoms with Gasteiger partial charge in [0, 0.05) is 59.3 Å². The van der Waals surface area contributed by atoms with Gasteiger partial charge in [-0.25, -0.2) is 18.7 Å². The molecular formula is C36H31F2N9O. The molecule has 4 aromatic heterocycles. The van der Waals surface area contributed by atoms with Crippen LogP contribution in [0.1, 0.15) is 5.56 Å². The normalized spacial score (nSPS) is 11.4. The molecule has 12 heteroatoms. The lowest BCUT2D eigenvalue weighted by Crippen LogP contribution is -2.20. The number of halogens is 2. The van der Waals surface area contributed by atoms with Crippen LogP contribution in [0.3, 0.4) is 0 Å². The second-order valence-corrected chi connectivity index (χ2v) is 11.7. The molecule has 7 rings (SSSR count). The summed E-state index contributed by atoms with van der Waals surface area (Å²) in [4.78, 5) is 31.4. The van der Waals surface area contributed by atoms with Crippen molar-refractivity contribution in [1.82, 2.24) is 35.0 Å². The summed E-state index contributed by atoms with van der Waals surface area (Å²) in [5, 5.41) is 14.1. The van der Waals surface area contributed by atoms with Gasteiger partial charge in [0.05, 0.1) is 29.3 Å². The number of likely N-dealkylation sites (N-methyl/N-ethyl adjacent to an activating group) is 1. The van der Waals surface area contributed by atoms with Crippen LogP contribution < -0.4 is 10.6 Å². The van der Waals surface area contributed by atoms with Gasteiger partial charge < -0.3 is 20.5 Å². The quantitative estimate of drug-likeness (QED) is 0.131. The minimum absolute atomic E-state index is 0.200. The van der Waals surface area contributed by atoms with Crippen molar-refractivity contribution >= 4 is 39.3 Å². The molecule has 48 heavy (non-hydrogen) atoms. The SMILES string of the molecule is CN(C)CCNc1cc(F)cc(-c2ccnc3nc(-c4n[nH]c5cc(F)c(-c6cncc(NC(=O)Cc7ccccc7)c6)cc45)[nH]c23)c1. The van der Waals surface area contributed by atoms with E-state index in [0.717, 1.165) is 17.7 Å². The van der Waals surface area contributed by atoms with Crippen molar-refractivity contribution in [1.29, 1.82) is 0 Å². The van der Waals surface area contributed by atoms with E-state index in [9.17, 15) is 9.18 Å². The van der Waals surface area contributed by atoms with E-state index in [0.29, 0.717) is 62.6 Å². The molecule has 4 heterocycles. The van der Waals surface area contributed by atoms with Gasteiger partial charge in [-0.2, -0.15) is 5.10 Å². The van der Waals surface area contributed by atoms with Gasteiger partial charge in [-0.3, -0.25) is 14.9 Å². The van der Waals surface area contributed by atoms with Gasteiger partial charge in [0.15, 0.2) is 11.5 Å². The third-order valence-corrected chi connectivity index (χ3v) is 7.90. The smallest absolute Gasteiger partial charge is 0.228 e. The molecule has 3 aromatic carbocycles. The van der Waals surface area contributed by atoms with Gasteiger partial charge in [0.25, 0.3) is 0 Å². The van der Waals surface area contributed by atoms with E-state index in [2.05, 4.69) is 35.8 Å². The Kier molecular flexibility index (Phi) is 8.30. The Morgan fingerprint density at radius 1 is 0.917 bits per heavy atom. The number of anilines is 2. The monoisotopic (exact) mass is 643 g/mol. The molecule has 0 saturated heterocycles. The maximum atomic E-state index is 15.5. The van der Waals surface area contributed by atoms with Crippen molar-refractivity contribution in [3.8, 4) is 33.8 Å². The molecule has 0 aliphatic rings. The first-order valence-corrected chi connectivity index (χ1v) is 15.3. The van der Waals surface area contributed by atoms with Crippen molar-refractivity contribution in [2.75, 3.05) is 37.8 Å². The number of benzene rings is 3. The van der Waals surface area contributed by atoms with Crippen LogP contribution in [-0.4, -0.2) is 68.1 Å². The number of aromatic amines is 2. The van der Waals surface area contributed by atoms with Crippen molar-refractivity contribution < 1.29 is 13.6 Å². The molecule has 0 radical (unpaired) electrons. The molecule has 0 fully saturated rings. The zero-order valence-corrected chi connectivity index (χ0v) is 26.2. The Hall–Kier alpha value is -6.01. The van der Waals surface area contributed by atoms with Crippen molar-refractivity contribution in [2.24, 2.45) is 0 Å². The van der Waals surface area contributed by atoms with Crippen LogP contribution in [0.5, 0.6) is 0 Å². The largest absolute Gasteiger partial charge is 0.384 e. The van der Waals surface area contributed by atoms with E-state index in [4.69, 9.17) is 4.98 Å². The summed E-state index contributed by atoms with van der Waals surface area (Å²) in [6.45, 7) is 1.46. The number of carbonyl (C=O) groups is 1. The zero-order valence-electron chi connectivity index (χ0n) is 26.2. The number of hydrogen-bond acceptors (Lipinski definition) is 7. The maximum absolute atomic E-state index is 15.5. The number of fused-ring (bicyclic) bond motifs is 2. The van der Waals surface area contributed by atoms with Crippen LogP contribution in [-0.2, 0) is 11.2 Å². The Bertz CT molecular complexity index is 2260. The molecule has 0 aliphatic heterocycles. The molecule has 0 saturated carbocycles. The van der Waals surface area contributed by atoms with Gasteiger partial charge in [-0.1, -0.05) is 30.3 Å². The minimum Gasteiger partial charge on any atom is -0.384 e. The highest BCUT2D eigenvalue weighted by atomic mass is 19.1. The van der Waals surface area contributed by atoms with E-state index in [1.54, 1.807) is 24.4 Å². The van der Waals surface area contributed by atoms with E-state index >= 15 is 4.39 Å². The number of pyridine rings is 2. The lowest BCUT2D eigenvalue weighted by Gasteiger charge is -2.13. The third-order valence-electron chi connectivity index (χ3n) is 7.90. The third kappa shape index (κ3) is 6.46. The standard InChI is InChI=1S/C36H31F2N9O/c1-47(2)11-10-40-25-14-22(13-24(37)16-25)27-8-9-41-35-33(27)43-36(44-35)34-29-17-28(30(38)18-31(29)45-46-34)23-15-26(20-39-19-23)42-32(48)12-21-6-4-3-5-7-21/h3-9,13-20,40H,10-12H2,1-2H3,(H,42,48)(H,45,46)(H,41,43,44). The van der Waals surface area contributed by atoms with Gasteiger partial charge >= 0.3 is 0 Å². The number of nitrogens with one attached hydrogen (secondary N) is 4. The summed E-state index contributed by atoms with van der Waals surface area (Å²) in [7, 11) is 3.96. The molecular weight excluding hydrogens is 612 g/mol. The molecule has 7 aromatic rings. The summed E-state index contributed by atoms with van der Waals surface area (Å²) >= 11 is 0. The summed E-state index contributed by atoms with van der Waals surface area (Å²) in [6.07, 6.45) is 4.89. The summed E-state index contributed by atoms with van der Waals surface area (Å²) in [6, 6.07) is 20.7. The number of aromatic nitrogens is 6. The highest BCUT2D eigenvalue weighted by molar-refractivity contribution is 5.98. The maximum Gasteiger partial charge on any atom is 0.228 e. The van der Waals surface area contributed by atoms with Crippen LogP contribution in [0.2, 0.25) is 0 Å². The molecule has 0 atom stereocenters. The molecule has 4 N–H and O–H groups in total.